The van der Waals surface area contributed by atoms with Crippen molar-refractivity contribution in [2.45, 2.75) is 56.2 Å². The monoisotopic (exact) mass is 1200 g/mol. The molecule has 0 amide bonds. The van der Waals surface area contributed by atoms with Crippen molar-refractivity contribution in [3.05, 3.63) is 227 Å². The maximum absolute atomic E-state index is 12.9. The number of ketones is 2. The molecule has 16 nitrogen and oxygen atoms in total. The van der Waals surface area contributed by atoms with Crippen LogP contribution in [-0.2, 0) is 29.5 Å². The predicted octanol–water partition coefficient (Wildman–Crippen LogP) is 7.81. The highest BCUT2D eigenvalue weighted by molar-refractivity contribution is 7.97. The second kappa shape index (κ2) is 29.3. The minimum atomic E-state index is -3.98. The van der Waals surface area contributed by atoms with E-state index in [0.717, 1.165) is 22.2 Å². The minimum Gasteiger partial charge on any atom is -1.00 e. The van der Waals surface area contributed by atoms with Crippen LogP contribution in [0.4, 0.5) is 0 Å². The zero-order chi connectivity index (χ0) is 59.0. The number of benzene rings is 4. The molecule has 432 valence electrons. The van der Waals surface area contributed by atoms with Gasteiger partial charge >= 0.3 is 6.01 Å². The van der Waals surface area contributed by atoms with Crippen molar-refractivity contribution in [3.63, 3.8) is 0 Å². The summed E-state index contributed by atoms with van der Waals surface area (Å²) < 4.78 is 81.7. The van der Waals surface area contributed by atoms with Gasteiger partial charge in [0.15, 0.2) is 21.2 Å². The number of nitrogens with zero attached hydrogens (tertiary/aromatic N) is 6. The lowest BCUT2D eigenvalue weighted by atomic mass is 10.1. The molecule has 0 atom stereocenters. The van der Waals surface area contributed by atoms with Crippen LogP contribution < -0.4 is 17.0 Å². The highest BCUT2D eigenvalue weighted by Crippen LogP contribution is 2.39. The van der Waals surface area contributed by atoms with Crippen LogP contribution in [0.15, 0.2) is 224 Å². The number of hydrogen-bond donors (Lipinski definition) is 1. The first-order valence-corrected chi connectivity index (χ1v) is 31.3. The van der Waals surface area contributed by atoms with E-state index in [1.165, 1.54) is 106 Å². The third-order valence-corrected chi connectivity index (χ3v) is 19.0. The van der Waals surface area contributed by atoms with E-state index in [9.17, 15) is 39.9 Å². The molecule has 0 radical (unpaired) electrons. The summed E-state index contributed by atoms with van der Waals surface area (Å²) in [4.78, 5) is 40.6. The first-order valence-electron chi connectivity index (χ1n) is 26.7. The molecule has 11 rings (SSSR count). The van der Waals surface area contributed by atoms with E-state index in [4.69, 9.17) is 4.42 Å². The first kappa shape index (κ1) is 64.1. The van der Waals surface area contributed by atoms with E-state index in [0.29, 0.717) is 22.7 Å². The molecular formula is C63H65ClN6O10S3. The number of hydrogen-bond acceptors (Lipinski definition) is 15. The van der Waals surface area contributed by atoms with Crippen molar-refractivity contribution in [1.82, 2.24) is 24.8 Å². The quantitative estimate of drug-likeness (QED) is 0.0701. The van der Waals surface area contributed by atoms with Gasteiger partial charge in [-0.15, -0.1) is 0 Å². The number of oxazole rings is 1. The molecule has 0 fully saturated rings. The summed E-state index contributed by atoms with van der Waals surface area (Å²) in [7, 11) is -11.2. The molecule has 3 aliphatic heterocycles. The Labute approximate surface area is 492 Å². The summed E-state index contributed by atoms with van der Waals surface area (Å²) >= 11 is 0. The van der Waals surface area contributed by atoms with Crippen LogP contribution in [0.25, 0.3) is 39.6 Å². The number of halogens is 1. The number of aliphatic hydroxyl groups excluding tert-OH is 1. The lowest BCUT2D eigenvalue weighted by molar-refractivity contribution is -0.612. The number of pyridine rings is 3. The van der Waals surface area contributed by atoms with Gasteiger partial charge < -0.3 is 31.7 Å². The Morgan fingerprint density at radius 3 is 1.59 bits per heavy atom. The number of para-hydroxylation sites is 2. The van der Waals surface area contributed by atoms with Crippen molar-refractivity contribution >= 4 is 63.5 Å². The fourth-order valence-electron chi connectivity index (χ4n) is 8.89. The molecule has 4 aromatic heterocycles. The number of carbonyl (C=O) groups excluding carboxylic acids is 2. The average molecular weight is 1200 g/mol. The Morgan fingerprint density at radius 1 is 0.590 bits per heavy atom. The van der Waals surface area contributed by atoms with Crippen molar-refractivity contribution < 1.29 is 61.3 Å². The number of Topliss-reactive ketones (excluding diaryl/α,β-unsaturated/α-hetero) is 2. The number of aromatic nitrogens is 4. The molecule has 0 saturated heterocycles. The van der Waals surface area contributed by atoms with Gasteiger partial charge in [-0.25, -0.2) is 25.3 Å². The predicted molar refractivity (Wildman–Crippen MR) is 319 cm³/mol. The summed E-state index contributed by atoms with van der Waals surface area (Å²) in [6, 6.07) is 38.1. The van der Waals surface area contributed by atoms with Gasteiger partial charge in [-0.1, -0.05) is 108 Å². The molecule has 7 heterocycles. The highest BCUT2D eigenvalue weighted by atomic mass is 35.5. The van der Waals surface area contributed by atoms with Gasteiger partial charge in [-0.05, 0) is 153 Å². The smallest absolute Gasteiger partial charge is 0.509 e. The van der Waals surface area contributed by atoms with Gasteiger partial charge in [0.05, 0.1) is 14.7 Å². The van der Waals surface area contributed by atoms with Crippen LogP contribution in [-0.4, -0.2) is 112 Å². The maximum atomic E-state index is 12.9. The van der Waals surface area contributed by atoms with E-state index < -0.39 is 35.3 Å². The largest absolute Gasteiger partial charge is 1.00 e. The number of rotatable bonds is 12. The third-order valence-electron chi connectivity index (χ3n) is 13.6. The molecule has 0 spiro atoms. The maximum Gasteiger partial charge on any atom is 0.509 e. The second-order valence-electron chi connectivity index (χ2n) is 18.4. The first-order chi connectivity index (χ1) is 39.4. The fourth-order valence-corrected chi connectivity index (χ4v) is 13.5. The number of fused-ring (bicyclic) bond motifs is 4. The molecule has 4 aromatic carbocycles. The Bertz CT molecular complexity index is 3970. The Balaban J connectivity index is 0.000000194. The lowest BCUT2D eigenvalue weighted by Gasteiger charge is -2.13. The van der Waals surface area contributed by atoms with Gasteiger partial charge in [0.25, 0.3) is 0 Å². The molecule has 0 unspecified atom stereocenters. The van der Waals surface area contributed by atoms with Gasteiger partial charge in [-0.2, -0.15) is 4.57 Å². The molecule has 8 aromatic rings. The SMILES string of the molecule is CCN(CC)CC.CCN(CC)CC.O=C1C(=CC=C(C=CC2=C(O)c3ccccc3S2(=O)=O)c2ccncc2)S(=O)(=O)c2ccccc21.O=C1CS(=O)(=O)c2ccccc21.[Cl-].c1ccc2oc(-[n+]3ccc(-c4ccncc4)cc3)nc2c1. The Morgan fingerprint density at radius 2 is 1.07 bits per heavy atom. The van der Waals surface area contributed by atoms with Gasteiger partial charge in [0, 0.05) is 46.5 Å². The molecule has 1 N–H and O–H groups in total. The summed E-state index contributed by atoms with van der Waals surface area (Å²) in [5, 5.41) is 10.6. The van der Waals surface area contributed by atoms with Crippen molar-refractivity contribution in [2.75, 3.05) is 45.0 Å². The van der Waals surface area contributed by atoms with Crippen molar-refractivity contribution in [2.24, 2.45) is 0 Å². The van der Waals surface area contributed by atoms with Crippen LogP contribution in [0.3, 0.4) is 0 Å². The zero-order valence-electron chi connectivity index (χ0n) is 46.8. The number of carbonyl (C=O) groups is 2. The molecule has 0 aliphatic carbocycles. The van der Waals surface area contributed by atoms with Crippen LogP contribution in [0.1, 0.15) is 73.4 Å². The fraction of sp³-hybridized carbons (Fsp3) is 0.206. The second-order valence-corrected chi connectivity index (χ2v) is 24.1. The van der Waals surface area contributed by atoms with E-state index in [-0.39, 0.29) is 65.3 Å². The number of aliphatic hydroxyl groups is 1. The summed E-state index contributed by atoms with van der Waals surface area (Å²) in [6.07, 6.45) is 15.9. The van der Waals surface area contributed by atoms with E-state index >= 15 is 0 Å². The van der Waals surface area contributed by atoms with E-state index in [2.05, 4.69) is 66.3 Å². The molecule has 83 heavy (non-hydrogen) atoms. The average Bonchev–Trinajstić information content (AvgIpc) is 3.52. The topological polar surface area (TPSA) is 219 Å². The Hall–Kier alpha value is -8.04. The normalized spacial score (nSPS) is 15.4. The lowest BCUT2D eigenvalue weighted by Crippen LogP contribution is -3.00. The minimum absolute atomic E-state index is 0. The third kappa shape index (κ3) is 15.2. The van der Waals surface area contributed by atoms with Crippen LogP contribution in [0, 0.1) is 0 Å². The Kier molecular flexibility index (Phi) is 22.6. The number of sulfone groups is 3. The van der Waals surface area contributed by atoms with E-state index in [1.54, 1.807) is 67.0 Å². The molecule has 20 heteroatoms. The molecular weight excluding hydrogens is 1130 g/mol. The molecule has 0 bridgehead atoms. The van der Waals surface area contributed by atoms with Gasteiger partial charge in [0.1, 0.15) is 33.7 Å². The van der Waals surface area contributed by atoms with Gasteiger partial charge in [-0.3, -0.25) is 19.6 Å². The van der Waals surface area contributed by atoms with Crippen LogP contribution >= 0.6 is 0 Å². The highest BCUT2D eigenvalue weighted by Gasteiger charge is 2.39. The van der Waals surface area contributed by atoms with E-state index in [1.807, 2.05) is 65.5 Å². The van der Waals surface area contributed by atoms with Crippen LogP contribution in [0.2, 0.25) is 0 Å². The van der Waals surface area contributed by atoms with Crippen molar-refractivity contribution in [1.29, 1.82) is 0 Å². The van der Waals surface area contributed by atoms with Crippen LogP contribution in [0.5, 0.6) is 0 Å². The van der Waals surface area contributed by atoms with Crippen molar-refractivity contribution in [3.8, 4) is 17.1 Å². The standard InChI is InChI=1S/C26H17NO6S2.C17H12N3O.C8H6O3S.2C6H15N.ClH/c28-25-19-5-1-3-7-21(19)34(30,31)23(25)11-9-17(18-13-15-27-16-14-18)10-12-24-26(29)20-6-2-4-8-22(20)35(24,32)33;1-2-4-16-15(3-1)19-17(21-16)20-11-7-14(8-12-20)13-5-9-18-10-6-13;9-7-5-12(10,11)8-4-2-1-3-6(7)8;2*1-4-7(5-2)6-3;/h1-16,28H;1-12H;1-4H,5H2;2*4-6H2,1-3H3;1H/q;+1;;;;/p-1. The zero-order valence-corrected chi connectivity index (χ0v) is 50.0. The summed E-state index contributed by atoms with van der Waals surface area (Å²) in [6.45, 7) is 20.2. The molecule has 0 saturated carbocycles. The number of allylic oxidation sites excluding steroid dienone is 6. The molecule has 3 aliphatic rings. The summed E-state index contributed by atoms with van der Waals surface area (Å²) in [5.74, 6) is -1.64. The summed E-state index contributed by atoms with van der Waals surface area (Å²) in [5.41, 5.74) is 5.57. The van der Waals surface area contributed by atoms with Gasteiger partial charge in [0.2, 0.25) is 31.0 Å².